The van der Waals surface area contributed by atoms with E-state index in [9.17, 15) is 4.79 Å². The lowest BCUT2D eigenvalue weighted by Gasteiger charge is -2.32. The normalized spacial score (nSPS) is 15.4. The molecule has 24 heavy (non-hydrogen) atoms. The number of halogens is 1. The number of aromatic nitrogens is 2. The first-order valence-corrected chi connectivity index (χ1v) is 8.51. The summed E-state index contributed by atoms with van der Waals surface area (Å²) in [5, 5.41) is 3.62. The third kappa shape index (κ3) is 3.51. The van der Waals surface area contributed by atoms with Crippen molar-refractivity contribution in [1.29, 1.82) is 0 Å². The number of benzene rings is 1. The van der Waals surface area contributed by atoms with Crippen molar-refractivity contribution in [3.05, 3.63) is 52.6 Å². The molecule has 3 rings (SSSR count). The Balaban J connectivity index is 1.61. The molecule has 2 amide bonds. The number of piperidine rings is 1. The van der Waals surface area contributed by atoms with Crippen molar-refractivity contribution in [2.45, 2.75) is 32.6 Å². The van der Waals surface area contributed by atoms with Crippen LogP contribution in [0, 0.1) is 13.8 Å². The number of hydrogen-bond donors (Lipinski definition) is 1. The first kappa shape index (κ1) is 16.7. The molecule has 0 unspecified atom stereocenters. The van der Waals surface area contributed by atoms with Gasteiger partial charge < -0.3 is 10.2 Å². The zero-order chi connectivity index (χ0) is 17.1. The number of carbonyl (C=O) groups is 1. The predicted octanol–water partition coefficient (Wildman–Crippen LogP) is 4.16. The number of aryl methyl sites for hydroxylation is 1. The van der Waals surface area contributed by atoms with Crippen LogP contribution in [0.1, 0.15) is 35.6 Å². The Morgan fingerprint density at radius 1 is 1.29 bits per heavy atom. The molecule has 1 aliphatic rings. The topological polar surface area (TPSA) is 58.1 Å². The lowest BCUT2D eigenvalue weighted by atomic mass is 9.91. The van der Waals surface area contributed by atoms with E-state index in [1.807, 2.05) is 43.1 Å². The van der Waals surface area contributed by atoms with Crippen LogP contribution < -0.4 is 5.32 Å². The van der Waals surface area contributed by atoms with Crippen molar-refractivity contribution >= 4 is 23.3 Å². The Labute approximate surface area is 147 Å². The number of likely N-dealkylation sites (tertiary alicyclic amines) is 1. The molecule has 5 nitrogen and oxygen atoms in total. The van der Waals surface area contributed by atoms with E-state index in [4.69, 9.17) is 11.6 Å². The summed E-state index contributed by atoms with van der Waals surface area (Å²) in [5.41, 5.74) is 3.88. The summed E-state index contributed by atoms with van der Waals surface area (Å²) >= 11 is 6.11. The van der Waals surface area contributed by atoms with E-state index in [2.05, 4.69) is 15.3 Å². The van der Waals surface area contributed by atoms with Gasteiger partial charge in [0.25, 0.3) is 0 Å². The molecule has 0 atom stereocenters. The average molecular weight is 345 g/mol. The van der Waals surface area contributed by atoms with E-state index >= 15 is 0 Å². The van der Waals surface area contributed by atoms with Gasteiger partial charge in [-0.1, -0.05) is 17.7 Å². The van der Waals surface area contributed by atoms with Crippen LogP contribution in [-0.4, -0.2) is 34.0 Å². The minimum absolute atomic E-state index is 0.0711. The third-order valence-electron chi connectivity index (χ3n) is 4.61. The molecule has 1 N–H and O–H groups in total. The highest BCUT2D eigenvalue weighted by molar-refractivity contribution is 6.31. The Hall–Kier alpha value is -2.14. The molecule has 1 aromatic heterocycles. The van der Waals surface area contributed by atoms with E-state index in [1.54, 1.807) is 6.33 Å². The molecule has 1 aromatic carbocycles. The van der Waals surface area contributed by atoms with Gasteiger partial charge in [0, 0.05) is 41.6 Å². The van der Waals surface area contributed by atoms with E-state index in [1.165, 1.54) is 0 Å². The van der Waals surface area contributed by atoms with Crippen LogP contribution in [-0.2, 0) is 0 Å². The molecule has 0 saturated carbocycles. The van der Waals surface area contributed by atoms with Gasteiger partial charge in [0.15, 0.2) is 0 Å². The van der Waals surface area contributed by atoms with Gasteiger partial charge in [-0.3, -0.25) is 0 Å². The van der Waals surface area contributed by atoms with Crippen molar-refractivity contribution in [2.24, 2.45) is 0 Å². The molecule has 0 radical (unpaired) electrons. The summed E-state index contributed by atoms with van der Waals surface area (Å²) in [7, 11) is 0. The Morgan fingerprint density at radius 3 is 2.75 bits per heavy atom. The highest BCUT2D eigenvalue weighted by Crippen LogP contribution is 2.29. The quantitative estimate of drug-likeness (QED) is 0.890. The molecular weight excluding hydrogens is 324 g/mol. The molecule has 0 spiro atoms. The number of nitrogens with zero attached hydrogens (tertiary/aromatic N) is 3. The SMILES string of the molecule is Cc1cncnc1C1CCN(C(=O)Nc2cccc(Cl)c2C)CC1. The van der Waals surface area contributed by atoms with E-state index in [-0.39, 0.29) is 6.03 Å². The standard InChI is InChI=1S/C18H21ClN4O/c1-12-10-20-11-21-17(12)14-6-8-23(9-7-14)18(24)22-16-5-3-4-15(19)13(16)2/h3-5,10-11,14H,6-9H2,1-2H3,(H,22,24). The number of urea groups is 1. The Kier molecular flexibility index (Phi) is 5.00. The predicted molar refractivity (Wildman–Crippen MR) is 95.5 cm³/mol. The summed E-state index contributed by atoms with van der Waals surface area (Å²) < 4.78 is 0. The summed E-state index contributed by atoms with van der Waals surface area (Å²) in [6, 6.07) is 5.46. The van der Waals surface area contributed by atoms with Gasteiger partial charge in [0.05, 0.1) is 0 Å². The molecule has 2 aromatic rings. The number of hydrogen-bond acceptors (Lipinski definition) is 3. The van der Waals surface area contributed by atoms with Crippen LogP contribution in [0.5, 0.6) is 0 Å². The summed E-state index contributed by atoms with van der Waals surface area (Å²) in [5.74, 6) is 0.393. The summed E-state index contributed by atoms with van der Waals surface area (Å²) in [4.78, 5) is 22.8. The Morgan fingerprint density at radius 2 is 2.04 bits per heavy atom. The minimum atomic E-state index is -0.0711. The van der Waals surface area contributed by atoms with Crippen molar-refractivity contribution in [3.8, 4) is 0 Å². The molecular formula is C18H21ClN4O. The fourth-order valence-corrected chi connectivity index (χ4v) is 3.30. The zero-order valence-corrected chi connectivity index (χ0v) is 14.7. The van der Waals surface area contributed by atoms with Crippen molar-refractivity contribution in [2.75, 3.05) is 18.4 Å². The number of amides is 2. The van der Waals surface area contributed by atoms with Gasteiger partial charge >= 0.3 is 6.03 Å². The molecule has 2 heterocycles. The lowest BCUT2D eigenvalue weighted by Crippen LogP contribution is -2.40. The maximum absolute atomic E-state index is 12.5. The third-order valence-corrected chi connectivity index (χ3v) is 5.02. The van der Waals surface area contributed by atoms with Gasteiger partial charge in [-0.05, 0) is 49.9 Å². The summed E-state index contributed by atoms with van der Waals surface area (Å²) in [6.07, 6.45) is 5.28. The van der Waals surface area contributed by atoms with Crippen LogP contribution >= 0.6 is 11.6 Å². The second-order valence-electron chi connectivity index (χ2n) is 6.19. The maximum Gasteiger partial charge on any atom is 0.321 e. The molecule has 126 valence electrons. The maximum atomic E-state index is 12.5. The Bertz CT molecular complexity index is 742. The van der Waals surface area contributed by atoms with Crippen molar-refractivity contribution < 1.29 is 4.79 Å². The number of carbonyl (C=O) groups excluding carboxylic acids is 1. The van der Waals surface area contributed by atoms with Crippen molar-refractivity contribution in [1.82, 2.24) is 14.9 Å². The van der Waals surface area contributed by atoms with E-state index < -0.39 is 0 Å². The number of rotatable bonds is 2. The van der Waals surface area contributed by atoms with Crippen molar-refractivity contribution in [3.63, 3.8) is 0 Å². The lowest BCUT2D eigenvalue weighted by molar-refractivity contribution is 0.194. The first-order valence-electron chi connectivity index (χ1n) is 8.14. The van der Waals surface area contributed by atoms with Gasteiger partial charge in [-0.2, -0.15) is 0 Å². The zero-order valence-electron chi connectivity index (χ0n) is 13.9. The fourth-order valence-electron chi connectivity index (χ4n) is 3.13. The number of nitrogens with one attached hydrogen (secondary N) is 1. The van der Waals surface area contributed by atoms with Gasteiger partial charge in [0.2, 0.25) is 0 Å². The van der Waals surface area contributed by atoms with Crippen LogP contribution in [0.25, 0.3) is 0 Å². The van der Waals surface area contributed by atoms with E-state index in [0.29, 0.717) is 10.9 Å². The molecule has 1 fully saturated rings. The van der Waals surface area contributed by atoms with Crippen LogP contribution in [0.3, 0.4) is 0 Å². The molecule has 0 aliphatic carbocycles. The van der Waals surface area contributed by atoms with Crippen LogP contribution in [0.15, 0.2) is 30.7 Å². The average Bonchev–Trinajstić information content (AvgIpc) is 2.59. The molecule has 1 saturated heterocycles. The van der Waals surface area contributed by atoms with Crippen LogP contribution in [0.4, 0.5) is 10.5 Å². The van der Waals surface area contributed by atoms with Crippen LogP contribution in [0.2, 0.25) is 5.02 Å². The van der Waals surface area contributed by atoms with Gasteiger partial charge in [0.1, 0.15) is 6.33 Å². The molecule has 6 heteroatoms. The van der Waals surface area contributed by atoms with Gasteiger partial charge in [-0.15, -0.1) is 0 Å². The van der Waals surface area contributed by atoms with Gasteiger partial charge in [-0.25, -0.2) is 14.8 Å². The molecule has 0 bridgehead atoms. The molecule has 1 aliphatic heterocycles. The van der Waals surface area contributed by atoms with E-state index in [0.717, 1.165) is 48.4 Å². The highest BCUT2D eigenvalue weighted by Gasteiger charge is 2.25. The fraction of sp³-hybridized carbons (Fsp3) is 0.389. The second-order valence-corrected chi connectivity index (χ2v) is 6.60. The largest absolute Gasteiger partial charge is 0.324 e. The summed E-state index contributed by atoms with van der Waals surface area (Å²) in [6.45, 7) is 5.39. The smallest absolute Gasteiger partial charge is 0.321 e. The monoisotopic (exact) mass is 344 g/mol. The number of anilines is 1. The highest BCUT2D eigenvalue weighted by atomic mass is 35.5. The second kappa shape index (κ2) is 7.18. The minimum Gasteiger partial charge on any atom is -0.324 e. The first-order chi connectivity index (χ1) is 11.6.